The fourth-order valence-corrected chi connectivity index (χ4v) is 6.79. The van der Waals surface area contributed by atoms with E-state index in [2.05, 4.69) is 9.97 Å². The Bertz CT molecular complexity index is 1530. The molecule has 0 fully saturated rings. The molecule has 1 atom stereocenters. The molecule has 0 spiro atoms. The summed E-state index contributed by atoms with van der Waals surface area (Å²) in [6.07, 6.45) is -3.27. The lowest BCUT2D eigenvalue weighted by molar-refractivity contribution is -0.153. The van der Waals surface area contributed by atoms with Gasteiger partial charge in [-0.05, 0) is 43.7 Å². The van der Waals surface area contributed by atoms with Gasteiger partial charge in [0, 0.05) is 11.8 Å². The standard InChI is InChI=1S/C23H20F3N3O4S2/c1-15-7-3-6-10-21(15)35(31,32)29-19-9-5-4-8-17(19)28-22(29)34(30)13-18-16(2)20(11-12-27-18)33-14-23(24,25)26/h3-12H,13-14H2,1-2H3. The Balaban J connectivity index is 1.77. The first-order valence-corrected chi connectivity index (χ1v) is 13.1. The average Bonchev–Trinajstić information content (AvgIpc) is 3.20. The minimum atomic E-state index is -4.52. The van der Waals surface area contributed by atoms with Crippen LogP contribution in [0.25, 0.3) is 11.0 Å². The number of imidazole rings is 1. The Labute approximate surface area is 202 Å². The Morgan fingerprint density at radius 3 is 2.43 bits per heavy atom. The van der Waals surface area contributed by atoms with E-state index in [-0.39, 0.29) is 38.3 Å². The molecule has 0 radical (unpaired) electrons. The minimum absolute atomic E-state index is 0.0401. The van der Waals surface area contributed by atoms with Crippen LogP contribution < -0.4 is 4.74 Å². The maximum absolute atomic E-state index is 13.7. The van der Waals surface area contributed by atoms with Crippen molar-refractivity contribution in [3.63, 3.8) is 0 Å². The van der Waals surface area contributed by atoms with Crippen LogP contribution in [0, 0.1) is 13.8 Å². The third-order valence-electron chi connectivity index (χ3n) is 5.22. The van der Waals surface area contributed by atoms with E-state index in [1.54, 1.807) is 49.4 Å². The molecule has 0 N–H and O–H groups in total. The summed E-state index contributed by atoms with van der Waals surface area (Å²) < 4.78 is 84.3. The predicted octanol–water partition coefficient (Wildman–Crippen LogP) is 4.53. The largest absolute Gasteiger partial charge is 0.484 e. The Hall–Kier alpha value is -3.25. The van der Waals surface area contributed by atoms with Gasteiger partial charge in [-0.2, -0.15) is 13.2 Å². The first kappa shape index (κ1) is 24.9. The lowest BCUT2D eigenvalue weighted by Gasteiger charge is -2.14. The number of para-hydroxylation sites is 2. The summed E-state index contributed by atoms with van der Waals surface area (Å²) >= 11 is 0. The highest BCUT2D eigenvalue weighted by atomic mass is 32.2. The van der Waals surface area contributed by atoms with Crippen LogP contribution in [-0.4, -0.2) is 39.4 Å². The van der Waals surface area contributed by atoms with E-state index in [0.29, 0.717) is 11.1 Å². The molecule has 0 bridgehead atoms. The SMILES string of the molecule is Cc1ccccc1S(=O)(=O)n1c(S(=O)Cc2nccc(OCC(F)(F)F)c2C)nc2ccccc21. The predicted molar refractivity (Wildman–Crippen MR) is 124 cm³/mol. The Morgan fingerprint density at radius 2 is 1.71 bits per heavy atom. The molecule has 4 aromatic rings. The number of hydrogen-bond acceptors (Lipinski definition) is 6. The summed E-state index contributed by atoms with van der Waals surface area (Å²) in [6.45, 7) is 1.67. The molecule has 12 heteroatoms. The number of rotatable bonds is 7. The molecule has 0 aliphatic carbocycles. The van der Waals surface area contributed by atoms with Crippen molar-refractivity contribution in [2.45, 2.75) is 35.8 Å². The van der Waals surface area contributed by atoms with Crippen LogP contribution in [-0.2, 0) is 26.6 Å². The second kappa shape index (κ2) is 9.42. The number of aryl methyl sites for hydroxylation is 1. The Morgan fingerprint density at radius 1 is 1.03 bits per heavy atom. The van der Waals surface area contributed by atoms with E-state index in [0.717, 1.165) is 3.97 Å². The first-order chi connectivity index (χ1) is 16.5. The van der Waals surface area contributed by atoms with Crippen molar-refractivity contribution in [2.75, 3.05) is 6.61 Å². The highest BCUT2D eigenvalue weighted by Crippen LogP contribution is 2.29. The van der Waals surface area contributed by atoms with E-state index in [1.807, 2.05) is 0 Å². The van der Waals surface area contributed by atoms with Gasteiger partial charge >= 0.3 is 6.18 Å². The molecule has 2 aromatic heterocycles. The maximum atomic E-state index is 13.7. The number of alkyl halides is 3. The molecule has 0 aliphatic heterocycles. The van der Waals surface area contributed by atoms with E-state index in [4.69, 9.17) is 4.74 Å². The van der Waals surface area contributed by atoms with Gasteiger partial charge in [0.1, 0.15) is 5.75 Å². The zero-order valence-corrected chi connectivity index (χ0v) is 20.2. The van der Waals surface area contributed by atoms with Gasteiger partial charge in [-0.1, -0.05) is 30.3 Å². The van der Waals surface area contributed by atoms with Gasteiger partial charge in [0.25, 0.3) is 10.0 Å². The number of nitrogens with zero attached hydrogens (tertiary/aromatic N) is 3. The fourth-order valence-electron chi connectivity index (χ4n) is 3.51. The van der Waals surface area contributed by atoms with Crippen LogP contribution in [0.1, 0.15) is 16.8 Å². The van der Waals surface area contributed by atoms with E-state index in [1.165, 1.54) is 25.3 Å². The molecule has 0 aliphatic rings. The van der Waals surface area contributed by atoms with Crippen LogP contribution in [0.4, 0.5) is 13.2 Å². The van der Waals surface area contributed by atoms with Gasteiger partial charge < -0.3 is 4.74 Å². The smallest absolute Gasteiger partial charge is 0.422 e. The molecule has 1 unspecified atom stereocenters. The topological polar surface area (TPSA) is 91.2 Å². The molecule has 2 aromatic carbocycles. The van der Waals surface area contributed by atoms with Crippen LogP contribution in [0.3, 0.4) is 0 Å². The molecule has 184 valence electrons. The number of halogens is 3. The van der Waals surface area contributed by atoms with Crippen molar-refractivity contribution in [1.82, 2.24) is 13.9 Å². The molecule has 0 amide bonds. The van der Waals surface area contributed by atoms with Crippen molar-refractivity contribution < 1.29 is 30.5 Å². The highest BCUT2D eigenvalue weighted by Gasteiger charge is 2.30. The highest BCUT2D eigenvalue weighted by molar-refractivity contribution is 7.91. The second-order valence-corrected chi connectivity index (χ2v) is 10.8. The third-order valence-corrected chi connectivity index (χ3v) is 8.42. The summed E-state index contributed by atoms with van der Waals surface area (Å²) in [7, 11) is -6.19. The molecular formula is C23H20F3N3O4S2. The summed E-state index contributed by atoms with van der Waals surface area (Å²) in [4.78, 5) is 8.49. The number of hydrogen-bond donors (Lipinski definition) is 0. The summed E-state index contributed by atoms with van der Waals surface area (Å²) in [5, 5.41) is -0.211. The Kier molecular flexibility index (Phi) is 6.69. The molecule has 7 nitrogen and oxygen atoms in total. The van der Waals surface area contributed by atoms with Crippen molar-refractivity contribution in [2.24, 2.45) is 0 Å². The zero-order chi connectivity index (χ0) is 25.4. The first-order valence-electron chi connectivity index (χ1n) is 10.3. The summed E-state index contributed by atoms with van der Waals surface area (Å²) in [6, 6.07) is 14.2. The lowest BCUT2D eigenvalue weighted by atomic mass is 10.2. The fraction of sp³-hybridized carbons (Fsp3) is 0.217. The molecule has 2 heterocycles. The minimum Gasteiger partial charge on any atom is -0.484 e. The molecular weight excluding hydrogens is 503 g/mol. The van der Waals surface area contributed by atoms with Gasteiger partial charge in [-0.25, -0.2) is 17.4 Å². The van der Waals surface area contributed by atoms with Gasteiger partial charge in [0.05, 0.1) is 38.2 Å². The zero-order valence-electron chi connectivity index (χ0n) is 18.6. The van der Waals surface area contributed by atoms with Crippen LogP contribution >= 0.6 is 0 Å². The number of pyridine rings is 1. The maximum Gasteiger partial charge on any atom is 0.422 e. The molecule has 4 rings (SSSR count). The molecule has 0 saturated heterocycles. The van der Waals surface area contributed by atoms with Crippen LogP contribution in [0.5, 0.6) is 5.75 Å². The number of aromatic nitrogens is 3. The van der Waals surface area contributed by atoms with E-state index >= 15 is 0 Å². The van der Waals surface area contributed by atoms with Gasteiger partial charge in [0.15, 0.2) is 6.61 Å². The van der Waals surface area contributed by atoms with Gasteiger partial charge in [-0.3, -0.25) is 9.19 Å². The van der Waals surface area contributed by atoms with Crippen molar-refractivity contribution in [3.8, 4) is 5.75 Å². The average molecular weight is 524 g/mol. The van der Waals surface area contributed by atoms with Crippen LogP contribution in [0.15, 0.2) is 70.8 Å². The van der Waals surface area contributed by atoms with E-state index < -0.39 is 33.6 Å². The van der Waals surface area contributed by atoms with Gasteiger partial charge in [0.2, 0.25) is 5.16 Å². The van der Waals surface area contributed by atoms with E-state index in [9.17, 15) is 25.8 Å². The normalized spacial score (nSPS) is 13.2. The summed E-state index contributed by atoms with van der Waals surface area (Å²) in [5.74, 6) is -0.327. The quantitative estimate of drug-likeness (QED) is 0.353. The molecule has 35 heavy (non-hydrogen) atoms. The third kappa shape index (κ3) is 5.08. The van der Waals surface area contributed by atoms with Crippen molar-refractivity contribution in [3.05, 3.63) is 77.6 Å². The lowest BCUT2D eigenvalue weighted by Crippen LogP contribution is -2.20. The second-order valence-electron chi connectivity index (χ2n) is 7.69. The number of fused-ring (bicyclic) bond motifs is 1. The monoisotopic (exact) mass is 523 g/mol. The van der Waals surface area contributed by atoms with Gasteiger partial charge in [-0.15, -0.1) is 0 Å². The molecule has 0 saturated carbocycles. The number of ether oxygens (including phenoxy) is 1. The number of benzene rings is 2. The van der Waals surface area contributed by atoms with Crippen molar-refractivity contribution in [1.29, 1.82) is 0 Å². The summed E-state index contributed by atoms with van der Waals surface area (Å²) in [5.41, 5.74) is 1.57. The van der Waals surface area contributed by atoms with Crippen molar-refractivity contribution >= 4 is 31.9 Å². The van der Waals surface area contributed by atoms with Crippen LogP contribution in [0.2, 0.25) is 0 Å².